The van der Waals surface area contributed by atoms with E-state index in [0.29, 0.717) is 19.4 Å². The second-order valence-corrected chi connectivity index (χ2v) is 6.62. The van der Waals surface area contributed by atoms with E-state index in [0.717, 1.165) is 19.4 Å². The van der Waals surface area contributed by atoms with Gasteiger partial charge in [-0.25, -0.2) is 9.18 Å². The number of carbonyl (C=O) groups excluding carboxylic acids is 1. The SMILES string of the molecule is CC(C)(C)OC(=O)N1CCCC2(CC(F)C2)C1.O=CO. The first-order valence-electron chi connectivity index (χ1n) is 6.91. The normalized spacial score (nSPS) is 29.0. The topological polar surface area (TPSA) is 66.8 Å². The molecule has 2 aliphatic rings. The van der Waals surface area contributed by atoms with E-state index < -0.39 is 11.8 Å². The van der Waals surface area contributed by atoms with Crippen molar-refractivity contribution in [3.05, 3.63) is 0 Å². The lowest BCUT2D eigenvalue weighted by Crippen LogP contribution is -2.53. The van der Waals surface area contributed by atoms with Crippen LogP contribution in [0.3, 0.4) is 0 Å². The zero-order valence-corrected chi connectivity index (χ0v) is 12.4. The van der Waals surface area contributed by atoms with E-state index in [1.165, 1.54) is 0 Å². The van der Waals surface area contributed by atoms with Gasteiger partial charge in [0.25, 0.3) is 6.47 Å². The second kappa shape index (κ2) is 6.41. The van der Waals surface area contributed by atoms with E-state index in [9.17, 15) is 9.18 Å². The van der Waals surface area contributed by atoms with Gasteiger partial charge in [0.05, 0.1) is 0 Å². The molecule has 0 aromatic carbocycles. The van der Waals surface area contributed by atoms with E-state index in [2.05, 4.69) is 0 Å². The summed E-state index contributed by atoms with van der Waals surface area (Å²) >= 11 is 0. The third-order valence-corrected chi connectivity index (χ3v) is 3.62. The molecule has 0 aromatic rings. The van der Waals surface area contributed by atoms with Gasteiger partial charge in [-0.3, -0.25) is 4.79 Å². The van der Waals surface area contributed by atoms with Crippen LogP contribution in [-0.4, -0.2) is 47.4 Å². The molecule has 1 aliphatic carbocycles. The Morgan fingerprint density at radius 1 is 1.45 bits per heavy atom. The van der Waals surface area contributed by atoms with Crippen LogP contribution >= 0.6 is 0 Å². The molecule has 0 radical (unpaired) electrons. The van der Waals surface area contributed by atoms with Gasteiger partial charge in [-0.05, 0) is 51.9 Å². The van der Waals surface area contributed by atoms with Gasteiger partial charge < -0.3 is 14.7 Å². The third kappa shape index (κ3) is 4.65. The number of piperidine rings is 1. The molecule has 0 bridgehead atoms. The van der Waals surface area contributed by atoms with E-state index in [1.54, 1.807) is 4.90 Å². The molecule has 116 valence electrons. The molecule has 5 nitrogen and oxygen atoms in total. The molecule has 1 aliphatic heterocycles. The molecule has 0 unspecified atom stereocenters. The van der Waals surface area contributed by atoms with Crippen molar-refractivity contribution in [1.29, 1.82) is 0 Å². The van der Waals surface area contributed by atoms with Crippen LogP contribution in [0.15, 0.2) is 0 Å². The second-order valence-electron chi connectivity index (χ2n) is 6.62. The lowest BCUT2D eigenvalue weighted by atomic mass is 9.63. The van der Waals surface area contributed by atoms with E-state index in [-0.39, 0.29) is 18.0 Å². The minimum atomic E-state index is -0.659. The van der Waals surface area contributed by atoms with Gasteiger partial charge in [0, 0.05) is 13.1 Å². The standard InChI is InChI=1S/C13H22FNO2.CH2O2/c1-12(2,3)17-11(16)15-6-4-5-13(9-15)7-10(14)8-13;2-1-3/h10H,4-9H2,1-3H3;1H,(H,2,3). The highest BCUT2D eigenvalue weighted by molar-refractivity contribution is 5.68. The Morgan fingerprint density at radius 2 is 2.00 bits per heavy atom. The number of likely N-dealkylation sites (tertiary alicyclic amines) is 1. The smallest absolute Gasteiger partial charge is 0.410 e. The largest absolute Gasteiger partial charge is 0.483 e. The summed E-state index contributed by atoms with van der Waals surface area (Å²) in [7, 11) is 0. The van der Waals surface area contributed by atoms with E-state index >= 15 is 0 Å². The lowest BCUT2D eigenvalue weighted by Gasteiger charge is -2.50. The Bertz CT molecular complexity index is 342. The maximum Gasteiger partial charge on any atom is 0.410 e. The number of halogens is 1. The Kier molecular flexibility index (Phi) is 5.36. The predicted molar refractivity (Wildman–Crippen MR) is 72.3 cm³/mol. The average molecular weight is 289 g/mol. The number of amides is 1. The lowest BCUT2D eigenvalue weighted by molar-refractivity contribution is -0.122. The van der Waals surface area contributed by atoms with Crippen molar-refractivity contribution in [3.8, 4) is 0 Å². The molecule has 0 atom stereocenters. The molecule has 6 heteroatoms. The van der Waals surface area contributed by atoms with Gasteiger partial charge in [0.15, 0.2) is 0 Å². The maximum atomic E-state index is 13.0. The zero-order valence-electron chi connectivity index (χ0n) is 12.4. The van der Waals surface area contributed by atoms with Gasteiger partial charge in [0.2, 0.25) is 0 Å². The molecule has 1 saturated carbocycles. The van der Waals surface area contributed by atoms with Crippen LogP contribution in [0.1, 0.15) is 46.5 Å². The molecular formula is C14H24FNO4. The Hall–Kier alpha value is -1.33. The molecule has 1 amide bonds. The summed E-state index contributed by atoms with van der Waals surface area (Å²) in [6, 6.07) is 0. The monoisotopic (exact) mass is 289 g/mol. The number of hydrogen-bond donors (Lipinski definition) is 1. The summed E-state index contributed by atoms with van der Waals surface area (Å²) in [5, 5.41) is 6.89. The van der Waals surface area contributed by atoms with Crippen LogP contribution in [-0.2, 0) is 9.53 Å². The minimum Gasteiger partial charge on any atom is -0.483 e. The van der Waals surface area contributed by atoms with Crippen molar-refractivity contribution in [2.75, 3.05) is 13.1 Å². The van der Waals surface area contributed by atoms with Gasteiger partial charge in [-0.2, -0.15) is 0 Å². The van der Waals surface area contributed by atoms with Crippen LogP contribution < -0.4 is 0 Å². The molecule has 2 fully saturated rings. The van der Waals surface area contributed by atoms with Crippen LogP contribution in [0, 0.1) is 5.41 Å². The summed E-state index contributed by atoms with van der Waals surface area (Å²) < 4.78 is 18.4. The van der Waals surface area contributed by atoms with Crippen LogP contribution in [0.25, 0.3) is 0 Å². The van der Waals surface area contributed by atoms with Gasteiger partial charge in [-0.15, -0.1) is 0 Å². The summed E-state index contributed by atoms with van der Waals surface area (Å²) in [6.45, 7) is 6.76. The number of rotatable bonds is 0. The highest BCUT2D eigenvalue weighted by Crippen LogP contribution is 2.49. The maximum absolute atomic E-state index is 13.0. The number of hydrogen-bond acceptors (Lipinski definition) is 3. The van der Waals surface area contributed by atoms with Crippen molar-refractivity contribution < 1.29 is 23.8 Å². The molecule has 1 heterocycles. The number of nitrogens with zero attached hydrogens (tertiary/aromatic N) is 1. The van der Waals surface area contributed by atoms with Crippen LogP contribution in [0.4, 0.5) is 9.18 Å². The fourth-order valence-corrected chi connectivity index (χ4v) is 2.90. The molecule has 2 rings (SSSR count). The van der Waals surface area contributed by atoms with Gasteiger partial charge in [0.1, 0.15) is 11.8 Å². The van der Waals surface area contributed by atoms with Gasteiger partial charge in [-0.1, -0.05) is 0 Å². The summed E-state index contributed by atoms with van der Waals surface area (Å²) in [4.78, 5) is 22.0. The van der Waals surface area contributed by atoms with Crippen molar-refractivity contribution in [1.82, 2.24) is 4.90 Å². The number of carbonyl (C=O) groups is 2. The first-order valence-corrected chi connectivity index (χ1v) is 6.91. The third-order valence-electron chi connectivity index (χ3n) is 3.62. The molecule has 1 spiro atoms. The highest BCUT2D eigenvalue weighted by atomic mass is 19.1. The number of alkyl halides is 1. The Morgan fingerprint density at radius 3 is 2.45 bits per heavy atom. The Labute approximate surface area is 119 Å². The minimum absolute atomic E-state index is 0.0502. The van der Waals surface area contributed by atoms with Crippen molar-refractivity contribution in [3.63, 3.8) is 0 Å². The first kappa shape index (κ1) is 16.7. The fourth-order valence-electron chi connectivity index (χ4n) is 2.90. The number of ether oxygens (including phenoxy) is 1. The van der Waals surface area contributed by atoms with Crippen molar-refractivity contribution in [2.45, 2.75) is 58.2 Å². The molecule has 1 N–H and O–H groups in total. The zero-order chi connectivity index (χ0) is 15.4. The molecular weight excluding hydrogens is 265 g/mol. The van der Waals surface area contributed by atoms with Crippen molar-refractivity contribution in [2.24, 2.45) is 5.41 Å². The van der Waals surface area contributed by atoms with Crippen LogP contribution in [0.5, 0.6) is 0 Å². The summed E-state index contributed by atoms with van der Waals surface area (Å²) in [5.41, 5.74) is -0.404. The van der Waals surface area contributed by atoms with Crippen molar-refractivity contribution >= 4 is 12.6 Å². The average Bonchev–Trinajstić information content (AvgIpc) is 2.26. The highest BCUT2D eigenvalue weighted by Gasteiger charge is 2.48. The van der Waals surface area contributed by atoms with Crippen LogP contribution in [0.2, 0.25) is 0 Å². The number of carboxylic acid groups (broad SMARTS) is 1. The molecule has 0 aromatic heterocycles. The summed E-state index contributed by atoms with van der Waals surface area (Å²) in [6.07, 6.45) is 2.34. The Balaban J connectivity index is 0.000000612. The predicted octanol–water partition coefficient (Wildman–Crippen LogP) is 2.84. The quantitative estimate of drug-likeness (QED) is 0.696. The summed E-state index contributed by atoms with van der Waals surface area (Å²) in [5.74, 6) is 0. The van der Waals surface area contributed by atoms with E-state index in [4.69, 9.17) is 14.6 Å². The molecule has 20 heavy (non-hydrogen) atoms. The fraction of sp³-hybridized carbons (Fsp3) is 0.857. The van der Waals surface area contributed by atoms with E-state index in [1.807, 2.05) is 20.8 Å². The van der Waals surface area contributed by atoms with Gasteiger partial charge >= 0.3 is 6.09 Å². The first-order chi connectivity index (χ1) is 9.21. The molecule has 1 saturated heterocycles.